The molecule has 2 N–H and O–H groups in total. The zero-order chi connectivity index (χ0) is 10.4. The molecule has 1 amide bonds. The van der Waals surface area contributed by atoms with E-state index in [9.17, 15) is 4.79 Å². The lowest BCUT2D eigenvalue weighted by Gasteiger charge is -2.19. The standard InChI is InChI=1S/C12H14N2O/c13-10-5-4-8-2-1-3-9-6-7-14(11(8)9)12(10)15/h1-3,10H,4-7,13H2. The molecule has 2 heterocycles. The van der Waals surface area contributed by atoms with Gasteiger partial charge >= 0.3 is 0 Å². The summed E-state index contributed by atoms with van der Waals surface area (Å²) in [6.07, 6.45) is 2.67. The summed E-state index contributed by atoms with van der Waals surface area (Å²) in [5.41, 5.74) is 9.59. The Morgan fingerprint density at radius 3 is 2.80 bits per heavy atom. The molecular formula is C12H14N2O. The fourth-order valence-electron chi connectivity index (χ4n) is 2.59. The zero-order valence-corrected chi connectivity index (χ0v) is 8.57. The van der Waals surface area contributed by atoms with Crippen molar-refractivity contribution in [1.82, 2.24) is 0 Å². The smallest absolute Gasteiger partial charge is 0.243 e. The molecule has 3 nitrogen and oxygen atoms in total. The SMILES string of the molecule is NC1CCc2cccc3c2N(CC3)C1=O. The Morgan fingerprint density at radius 2 is 2.00 bits per heavy atom. The number of hydrogen-bond acceptors (Lipinski definition) is 2. The van der Waals surface area contributed by atoms with E-state index in [0.29, 0.717) is 0 Å². The third-order valence-electron chi connectivity index (χ3n) is 3.39. The molecule has 0 aliphatic carbocycles. The Labute approximate surface area is 88.9 Å². The van der Waals surface area contributed by atoms with Crippen molar-refractivity contribution in [3.8, 4) is 0 Å². The monoisotopic (exact) mass is 202 g/mol. The lowest BCUT2D eigenvalue weighted by molar-refractivity contribution is -0.119. The Kier molecular flexibility index (Phi) is 1.83. The van der Waals surface area contributed by atoms with Gasteiger partial charge in [0.25, 0.3) is 0 Å². The molecule has 1 aromatic carbocycles. The van der Waals surface area contributed by atoms with E-state index >= 15 is 0 Å². The number of rotatable bonds is 0. The fourth-order valence-corrected chi connectivity index (χ4v) is 2.59. The largest absolute Gasteiger partial charge is 0.320 e. The summed E-state index contributed by atoms with van der Waals surface area (Å²) >= 11 is 0. The highest BCUT2D eigenvalue weighted by atomic mass is 16.2. The first-order chi connectivity index (χ1) is 7.27. The van der Waals surface area contributed by atoms with Gasteiger partial charge in [-0.25, -0.2) is 0 Å². The molecule has 0 saturated heterocycles. The molecule has 0 fully saturated rings. The van der Waals surface area contributed by atoms with Crippen molar-refractivity contribution < 1.29 is 4.79 Å². The number of hydrogen-bond donors (Lipinski definition) is 1. The average molecular weight is 202 g/mol. The Bertz CT molecular complexity index is 428. The summed E-state index contributed by atoms with van der Waals surface area (Å²) in [6.45, 7) is 0.804. The Hall–Kier alpha value is -1.35. The summed E-state index contributed by atoms with van der Waals surface area (Å²) in [5.74, 6) is 0.0960. The van der Waals surface area contributed by atoms with Crippen molar-refractivity contribution in [3.05, 3.63) is 29.3 Å². The molecular weight excluding hydrogens is 188 g/mol. The van der Waals surface area contributed by atoms with E-state index < -0.39 is 0 Å². The highest BCUT2D eigenvalue weighted by Crippen LogP contribution is 2.35. The van der Waals surface area contributed by atoms with E-state index in [0.717, 1.165) is 31.5 Å². The molecule has 78 valence electrons. The number of nitrogens with zero attached hydrogens (tertiary/aromatic N) is 1. The van der Waals surface area contributed by atoms with Crippen LogP contribution in [0.25, 0.3) is 0 Å². The van der Waals surface area contributed by atoms with Gasteiger partial charge < -0.3 is 10.6 Å². The molecule has 1 atom stereocenters. The van der Waals surface area contributed by atoms with E-state index in [1.165, 1.54) is 11.1 Å². The van der Waals surface area contributed by atoms with E-state index in [1.54, 1.807) is 0 Å². The van der Waals surface area contributed by atoms with Gasteiger partial charge in [0.05, 0.1) is 11.7 Å². The van der Waals surface area contributed by atoms with Crippen LogP contribution < -0.4 is 10.6 Å². The van der Waals surface area contributed by atoms with Crippen LogP contribution in [0, 0.1) is 0 Å². The van der Waals surface area contributed by atoms with Crippen LogP contribution in [-0.4, -0.2) is 18.5 Å². The van der Waals surface area contributed by atoms with E-state index in [-0.39, 0.29) is 11.9 Å². The van der Waals surface area contributed by atoms with Crippen LogP contribution in [0.4, 0.5) is 5.69 Å². The minimum Gasteiger partial charge on any atom is -0.320 e. The highest BCUT2D eigenvalue weighted by molar-refractivity contribution is 6.00. The van der Waals surface area contributed by atoms with Crippen molar-refractivity contribution in [1.29, 1.82) is 0 Å². The fraction of sp³-hybridized carbons (Fsp3) is 0.417. The lowest BCUT2D eigenvalue weighted by atomic mass is 10.0. The molecule has 1 aromatic rings. The zero-order valence-electron chi connectivity index (χ0n) is 8.57. The van der Waals surface area contributed by atoms with Crippen molar-refractivity contribution in [2.75, 3.05) is 11.4 Å². The number of anilines is 1. The summed E-state index contributed by atoms with van der Waals surface area (Å²) in [7, 11) is 0. The van der Waals surface area contributed by atoms with Crippen molar-refractivity contribution in [2.45, 2.75) is 25.3 Å². The minimum atomic E-state index is -0.316. The number of para-hydroxylation sites is 1. The van der Waals surface area contributed by atoms with Crippen molar-refractivity contribution in [3.63, 3.8) is 0 Å². The molecule has 2 aliphatic rings. The number of benzene rings is 1. The number of nitrogens with two attached hydrogens (primary N) is 1. The van der Waals surface area contributed by atoms with Gasteiger partial charge in [0.15, 0.2) is 0 Å². The Balaban J connectivity index is 2.17. The summed E-state index contributed by atoms with van der Waals surface area (Å²) in [5, 5.41) is 0. The maximum absolute atomic E-state index is 12.0. The predicted octanol–water partition coefficient (Wildman–Crippen LogP) is 0.849. The van der Waals surface area contributed by atoms with Gasteiger partial charge in [-0.1, -0.05) is 18.2 Å². The van der Waals surface area contributed by atoms with Gasteiger partial charge in [-0.2, -0.15) is 0 Å². The first kappa shape index (κ1) is 8.92. The lowest BCUT2D eigenvalue weighted by Crippen LogP contribution is -2.42. The predicted molar refractivity (Wildman–Crippen MR) is 58.8 cm³/mol. The molecule has 1 unspecified atom stereocenters. The maximum Gasteiger partial charge on any atom is 0.243 e. The van der Waals surface area contributed by atoms with E-state index in [2.05, 4.69) is 18.2 Å². The summed E-state index contributed by atoms with van der Waals surface area (Å²) in [6, 6.07) is 5.99. The second-order valence-corrected chi connectivity index (χ2v) is 4.31. The molecule has 3 heteroatoms. The summed E-state index contributed by atoms with van der Waals surface area (Å²) < 4.78 is 0. The van der Waals surface area contributed by atoms with Gasteiger partial charge in [-0.05, 0) is 30.4 Å². The molecule has 0 aromatic heterocycles. The Morgan fingerprint density at radius 1 is 1.27 bits per heavy atom. The summed E-state index contributed by atoms with van der Waals surface area (Å²) in [4.78, 5) is 13.9. The average Bonchev–Trinajstić information content (AvgIpc) is 2.63. The van der Waals surface area contributed by atoms with Crippen LogP contribution in [0.15, 0.2) is 18.2 Å². The topological polar surface area (TPSA) is 46.3 Å². The second-order valence-electron chi connectivity index (χ2n) is 4.31. The molecule has 0 bridgehead atoms. The minimum absolute atomic E-state index is 0.0960. The normalized spacial score (nSPS) is 23.9. The van der Waals surface area contributed by atoms with Crippen molar-refractivity contribution >= 4 is 11.6 Å². The molecule has 2 aliphatic heterocycles. The number of carbonyl (C=O) groups excluding carboxylic acids is 1. The van der Waals surface area contributed by atoms with Gasteiger partial charge in [-0.15, -0.1) is 0 Å². The van der Waals surface area contributed by atoms with Crippen LogP contribution in [0.3, 0.4) is 0 Å². The second kappa shape index (κ2) is 3.07. The third kappa shape index (κ3) is 1.20. The molecule has 0 saturated carbocycles. The van der Waals surface area contributed by atoms with Gasteiger partial charge in [-0.3, -0.25) is 4.79 Å². The first-order valence-electron chi connectivity index (χ1n) is 5.45. The maximum atomic E-state index is 12.0. The highest BCUT2D eigenvalue weighted by Gasteiger charge is 2.32. The van der Waals surface area contributed by atoms with Crippen LogP contribution >= 0.6 is 0 Å². The van der Waals surface area contributed by atoms with Gasteiger partial charge in [0.2, 0.25) is 5.91 Å². The molecule has 15 heavy (non-hydrogen) atoms. The molecule has 3 rings (SSSR count). The quantitative estimate of drug-likeness (QED) is 0.678. The van der Waals surface area contributed by atoms with Crippen LogP contribution in [-0.2, 0) is 17.6 Å². The molecule has 0 radical (unpaired) electrons. The van der Waals surface area contributed by atoms with Gasteiger partial charge in [0, 0.05) is 6.54 Å². The number of aryl methyl sites for hydroxylation is 1. The third-order valence-corrected chi connectivity index (χ3v) is 3.39. The number of amides is 1. The molecule has 0 spiro atoms. The van der Waals surface area contributed by atoms with Crippen LogP contribution in [0.2, 0.25) is 0 Å². The van der Waals surface area contributed by atoms with Crippen LogP contribution in [0.1, 0.15) is 17.5 Å². The first-order valence-corrected chi connectivity index (χ1v) is 5.45. The van der Waals surface area contributed by atoms with Crippen LogP contribution in [0.5, 0.6) is 0 Å². The van der Waals surface area contributed by atoms with E-state index in [1.807, 2.05) is 4.90 Å². The van der Waals surface area contributed by atoms with Crippen molar-refractivity contribution in [2.24, 2.45) is 5.73 Å². The number of carbonyl (C=O) groups is 1. The van der Waals surface area contributed by atoms with Gasteiger partial charge in [0.1, 0.15) is 0 Å². The van der Waals surface area contributed by atoms with E-state index in [4.69, 9.17) is 5.73 Å².